The van der Waals surface area contributed by atoms with Crippen LogP contribution in [-0.4, -0.2) is 17.3 Å². The highest BCUT2D eigenvalue weighted by Crippen LogP contribution is 2.31. The highest BCUT2D eigenvalue weighted by molar-refractivity contribution is 5.23. The summed E-state index contributed by atoms with van der Waals surface area (Å²) >= 11 is 0. The molecule has 0 amide bonds. The van der Waals surface area contributed by atoms with Crippen molar-refractivity contribution in [2.24, 2.45) is 5.73 Å². The van der Waals surface area contributed by atoms with Crippen molar-refractivity contribution in [2.75, 3.05) is 7.11 Å². The van der Waals surface area contributed by atoms with Crippen LogP contribution in [0.1, 0.15) is 50.0 Å². The van der Waals surface area contributed by atoms with E-state index in [1.807, 2.05) is 44.2 Å². The Labute approximate surface area is 119 Å². The van der Waals surface area contributed by atoms with Crippen LogP contribution in [0.2, 0.25) is 0 Å². The van der Waals surface area contributed by atoms with Gasteiger partial charge in [0, 0.05) is 7.11 Å². The molecule has 0 bridgehead atoms. The van der Waals surface area contributed by atoms with E-state index in [1.54, 1.807) is 7.11 Å². The van der Waals surface area contributed by atoms with Gasteiger partial charge in [-0.15, -0.1) is 0 Å². The molecular weight excluding hydrogens is 254 g/mol. The first kappa shape index (κ1) is 14.7. The van der Waals surface area contributed by atoms with Crippen molar-refractivity contribution in [2.45, 2.75) is 38.3 Å². The number of nitrogens with zero attached hydrogens (tertiary/aromatic N) is 2. The zero-order valence-corrected chi connectivity index (χ0v) is 12.2. The standard InChI is InChI=1S/C15H21N3O2/c1-4-15(5-2,19-3)14-17-13(20-18-14)12(16)11-9-7-6-8-10-11/h6-10,12H,4-5,16H2,1-3H3. The molecule has 0 aliphatic carbocycles. The minimum Gasteiger partial charge on any atom is -0.370 e. The fourth-order valence-electron chi connectivity index (χ4n) is 2.30. The normalized spacial score (nSPS) is 13.4. The van der Waals surface area contributed by atoms with E-state index in [0.29, 0.717) is 11.7 Å². The molecule has 20 heavy (non-hydrogen) atoms. The van der Waals surface area contributed by atoms with Gasteiger partial charge in [-0.2, -0.15) is 4.98 Å². The molecule has 0 aliphatic heterocycles. The predicted molar refractivity (Wildman–Crippen MR) is 76.0 cm³/mol. The molecule has 1 aromatic heterocycles. The molecular formula is C15H21N3O2. The van der Waals surface area contributed by atoms with Gasteiger partial charge in [0.25, 0.3) is 0 Å². The summed E-state index contributed by atoms with van der Waals surface area (Å²) in [4.78, 5) is 4.44. The predicted octanol–water partition coefficient (Wildman–Crippen LogP) is 2.78. The summed E-state index contributed by atoms with van der Waals surface area (Å²) in [5, 5.41) is 4.06. The largest absolute Gasteiger partial charge is 0.370 e. The maximum absolute atomic E-state index is 6.16. The van der Waals surface area contributed by atoms with Gasteiger partial charge >= 0.3 is 0 Å². The van der Waals surface area contributed by atoms with Crippen LogP contribution in [-0.2, 0) is 10.3 Å². The van der Waals surface area contributed by atoms with E-state index < -0.39 is 11.6 Å². The van der Waals surface area contributed by atoms with Crippen LogP contribution in [0.15, 0.2) is 34.9 Å². The van der Waals surface area contributed by atoms with Crippen molar-refractivity contribution in [3.8, 4) is 0 Å². The number of rotatable bonds is 6. The van der Waals surface area contributed by atoms with E-state index in [9.17, 15) is 0 Å². The van der Waals surface area contributed by atoms with Gasteiger partial charge in [0.2, 0.25) is 11.7 Å². The van der Waals surface area contributed by atoms with Crippen molar-refractivity contribution >= 4 is 0 Å². The number of hydrogen-bond acceptors (Lipinski definition) is 5. The summed E-state index contributed by atoms with van der Waals surface area (Å²) in [5.74, 6) is 0.973. The fraction of sp³-hybridized carbons (Fsp3) is 0.467. The summed E-state index contributed by atoms with van der Waals surface area (Å²) in [7, 11) is 1.67. The maximum atomic E-state index is 6.16. The van der Waals surface area contributed by atoms with E-state index in [2.05, 4.69) is 10.1 Å². The molecule has 2 rings (SSSR count). The third kappa shape index (κ3) is 2.59. The zero-order chi connectivity index (χ0) is 14.6. The first-order valence-corrected chi connectivity index (χ1v) is 6.86. The molecule has 5 heteroatoms. The zero-order valence-electron chi connectivity index (χ0n) is 12.2. The number of methoxy groups -OCH3 is 1. The molecule has 0 saturated heterocycles. The lowest BCUT2D eigenvalue weighted by atomic mass is 9.96. The third-order valence-electron chi connectivity index (χ3n) is 3.81. The number of nitrogens with two attached hydrogens (primary N) is 1. The van der Waals surface area contributed by atoms with Gasteiger partial charge in [0.05, 0.1) is 0 Å². The summed E-state index contributed by atoms with van der Waals surface area (Å²) in [6.45, 7) is 4.08. The SMILES string of the molecule is CCC(CC)(OC)c1noc(C(N)c2ccccc2)n1. The van der Waals surface area contributed by atoms with Gasteiger partial charge in [0.15, 0.2) is 0 Å². The lowest BCUT2D eigenvalue weighted by Gasteiger charge is -2.25. The van der Waals surface area contributed by atoms with E-state index >= 15 is 0 Å². The molecule has 2 aromatic rings. The van der Waals surface area contributed by atoms with Crippen LogP contribution in [0.25, 0.3) is 0 Å². The molecule has 1 aromatic carbocycles. The molecule has 0 saturated carbocycles. The molecule has 5 nitrogen and oxygen atoms in total. The summed E-state index contributed by atoms with van der Waals surface area (Å²) in [6, 6.07) is 9.28. The number of ether oxygens (including phenoxy) is 1. The van der Waals surface area contributed by atoms with Gasteiger partial charge in [0.1, 0.15) is 11.6 Å². The average Bonchev–Trinajstić information content (AvgIpc) is 3.00. The van der Waals surface area contributed by atoms with Crippen LogP contribution >= 0.6 is 0 Å². The Morgan fingerprint density at radius 2 is 1.90 bits per heavy atom. The Balaban J connectivity index is 2.29. The Morgan fingerprint density at radius 3 is 2.45 bits per heavy atom. The van der Waals surface area contributed by atoms with Crippen LogP contribution in [0.3, 0.4) is 0 Å². The smallest absolute Gasteiger partial charge is 0.248 e. The summed E-state index contributed by atoms with van der Waals surface area (Å²) < 4.78 is 10.9. The Kier molecular flexibility index (Phi) is 4.52. The molecule has 1 atom stereocenters. The van der Waals surface area contributed by atoms with Crippen LogP contribution < -0.4 is 5.73 Å². The third-order valence-corrected chi connectivity index (χ3v) is 3.81. The second-order valence-electron chi connectivity index (χ2n) is 4.75. The van der Waals surface area contributed by atoms with Gasteiger partial charge in [-0.05, 0) is 18.4 Å². The summed E-state index contributed by atoms with van der Waals surface area (Å²) in [6.07, 6.45) is 1.55. The molecule has 0 radical (unpaired) electrons. The average molecular weight is 275 g/mol. The molecule has 0 aliphatic rings. The van der Waals surface area contributed by atoms with E-state index in [4.69, 9.17) is 15.0 Å². The lowest BCUT2D eigenvalue weighted by Crippen LogP contribution is -2.28. The van der Waals surface area contributed by atoms with Crippen molar-refractivity contribution in [1.29, 1.82) is 0 Å². The molecule has 2 N–H and O–H groups in total. The quantitative estimate of drug-likeness (QED) is 0.877. The molecule has 108 valence electrons. The molecule has 0 fully saturated rings. The maximum Gasteiger partial charge on any atom is 0.248 e. The lowest BCUT2D eigenvalue weighted by molar-refractivity contribution is -0.0306. The first-order chi connectivity index (χ1) is 9.66. The topological polar surface area (TPSA) is 74.2 Å². The van der Waals surface area contributed by atoms with E-state index in [0.717, 1.165) is 18.4 Å². The van der Waals surface area contributed by atoms with Crippen molar-refractivity contribution in [3.05, 3.63) is 47.6 Å². The highest BCUT2D eigenvalue weighted by Gasteiger charge is 2.34. The van der Waals surface area contributed by atoms with Crippen molar-refractivity contribution < 1.29 is 9.26 Å². The minimum atomic E-state index is -0.502. The number of aromatic nitrogens is 2. The number of hydrogen-bond donors (Lipinski definition) is 1. The second-order valence-corrected chi connectivity index (χ2v) is 4.75. The van der Waals surface area contributed by atoms with Crippen LogP contribution in [0.4, 0.5) is 0 Å². The van der Waals surface area contributed by atoms with Gasteiger partial charge in [-0.25, -0.2) is 0 Å². The van der Waals surface area contributed by atoms with Gasteiger partial charge < -0.3 is 15.0 Å². The molecule has 0 spiro atoms. The summed E-state index contributed by atoms with van der Waals surface area (Å²) in [5.41, 5.74) is 6.60. The monoisotopic (exact) mass is 275 g/mol. The van der Waals surface area contributed by atoms with Crippen LogP contribution in [0, 0.1) is 0 Å². The van der Waals surface area contributed by atoms with E-state index in [-0.39, 0.29) is 0 Å². The van der Waals surface area contributed by atoms with E-state index in [1.165, 1.54) is 0 Å². The number of benzene rings is 1. The second kappa shape index (κ2) is 6.15. The minimum absolute atomic E-state index is 0.412. The first-order valence-electron chi connectivity index (χ1n) is 6.86. The van der Waals surface area contributed by atoms with Crippen molar-refractivity contribution in [3.63, 3.8) is 0 Å². The Hall–Kier alpha value is -1.72. The Morgan fingerprint density at radius 1 is 1.25 bits per heavy atom. The Bertz CT molecular complexity index is 527. The molecule has 1 unspecified atom stereocenters. The van der Waals surface area contributed by atoms with Crippen LogP contribution in [0.5, 0.6) is 0 Å². The fourth-order valence-corrected chi connectivity index (χ4v) is 2.30. The van der Waals surface area contributed by atoms with Crippen molar-refractivity contribution in [1.82, 2.24) is 10.1 Å². The molecule has 1 heterocycles. The highest BCUT2D eigenvalue weighted by atomic mass is 16.5. The van der Waals surface area contributed by atoms with Gasteiger partial charge in [-0.1, -0.05) is 49.3 Å². The van der Waals surface area contributed by atoms with Gasteiger partial charge in [-0.3, -0.25) is 0 Å².